The minimum atomic E-state index is -4.70. The van der Waals surface area contributed by atoms with Gasteiger partial charge >= 0.3 is 17.1 Å². The van der Waals surface area contributed by atoms with E-state index in [-0.39, 0.29) is 84.9 Å². The standard InChI is InChI=1S/C32H16N8O9S3.3C18H37N.Cu/c41-50(42,43)14-5-8-19-22(11-14)30-36-26-18-4-2-1-3-17(18)25(33-26)34-27-20-9-6-15(51(44,45)46)12-23(20)31(38-27)40-32-24-13-16(52(47,48)49)7-10-21(24)29(39-32)35-28(19)37-30;3*1-2-3-4-5-6-7-8-9-10-11-12-13-14-15-16-17-18-19;/h1-13H,(H3-2,33,34,35,36,37,38,39,40,41,42,43,44,45,46,47,48,49);3*9-10H,2-8,11-19H2,1H3;/q-2;;;;+2/b;3*10-9-;. The molecule has 1 radical (unpaired) electrons. The number of nitrogens with zero attached hydrogens (tertiary/aromatic N) is 8. The van der Waals surface area contributed by atoms with Crippen molar-refractivity contribution in [2.45, 2.75) is 305 Å². The molecule has 9 N–H and O–H groups in total. The molecule has 5 heterocycles. The first-order valence-corrected chi connectivity index (χ1v) is 45.4. The second kappa shape index (κ2) is 53.6. The van der Waals surface area contributed by atoms with Crippen molar-refractivity contribution >= 4 is 74.5 Å². The summed E-state index contributed by atoms with van der Waals surface area (Å²) in [6.45, 7) is 9.42. The maximum atomic E-state index is 12.1. The summed E-state index contributed by atoms with van der Waals surface area (Å²) >= 11 is 0. The predicted octanol–water partition coefficient (Wildman–Crippen LogP) is 21.8. The maximum absolute atomic E-state index is 12.1. The Balaban J connectivity index is 0.000000309. The van der Waals surface area contributed by atoms with Crippen molar-refractivity contribution in [3.8, 4) is 45.6 Å². The van der Waals surface area contributed by atoms with Gasteiger partial charge in [-0.25, -0.2) is 9.97 Å². The summed E-state index contributed by atoms with van der Waals surface area (Å²) in [6.07, 6.45) is 71.7. The molecule has 110 heavy (non-hydrogen) atoms. The van der Waals surface area contributed by atoms with E-state index < -0.39 is 45.0 Å². The van der Waals surface area contributed by atoms with E-state index in [0.717, 1.165) is 50.0 Å². The van der Waals surface area contributed by atoms with Crippen LogP contribution in [-0.2, 0) is 47.4 Å². The molecular weight excluding hydrogens is 1490 g/mol. The molecule has 609 valence electrons. The summed E-state index contributed by atoms with van der Waals surface area (Å²) in [5.41, 5.74) is 17.5. The molecule has 2 aliphatic rings. The number of aromatic nitrogens is 8. The van der Waals surface area contributed by atoms with Gasteiger partial charge in [0.15, 0.2) is 0 Å². The molecule has 24 heteroatoms. The summed E-state index contributed by atoms with van der Waals surface area (Å²) in [5, 5.41) is 1.44. The van der Waals surface area contributed by atoms with Crippen LogP contribution in [0.1, 0.15) is 290 Å². The van der Waals surface area contributed by atoms with Crippen LogP contribution in [0.2, 0.25) is 0 Å². The third-order valence-corrected chi connectivity index (χ3v) is 22.1. The van der Waals surface area contributed by atoms with Crippen molar-refractivity contribution in [2.75, 3.05) is 19.6 Å². The van der Waals surface area contributed by atoms with Crippen molar-refractivity contribution in [1.82, 2.24) is 39.9 Å². The fraction of sp³-hybridized carbons (Fsp3) is 0.558. The number of nitrogens with two attached hydrogens (primary N) is 3. The Morgan fingerprint density at radius 2 is 0.527 bits per heavy atom. The van der Waals surface area contributed by atoms with Gasteiger partial charge in [-0.05, 0) is 174 Å². The zero-order valence-electron chi connectivity index (χ0n) is 65.9. The Bertz CT molecular complexity index is 4350. The molecule has 3 aromatic heterocycles. The summed E-state index contributed by atoms with van der Waals surface area (Å²) in [6, 6.07) is 18.0. The van der Waals surface area contributed by atoms with Gasteiger partial charge in [0.05, 0.1) is 38.0 Å². The minimum Gasteiger partial charge on any atom is -0.357 e. The summed E-state index contributed by atoms with van der Waals surface area (Å²) in [7, 11) is -14.0. The average Bonchev–Trinajstić information content (AvgIpc) is 1.59. The first kappa shape index (κ1) is 94.2. The Morgan fingerprint density at radius 3 is 0.809 bits per heavy atom. The van der Waals surface area contributed by atoms with Crippen LogP contribution >= 0.6 is 0 Å². The van der Waals surface area contributed by atoms with Crippen molar-refractivity contribution in [2.24, 2.45) is 17.2 Å². The topological polar surface area (TPSA) is 347 Å². The molecule has 8 bridgehead atoms. The third kappa shape index (κ3) is 34.1. The van der Waals surface area contributed by atoms with Gasteiger partial charge in [0, 0.05) is 44.8 Å². The Kier molecular flexibility index (Phi) is 45.9. The molecule has 0 saturated carbocycles. The number of unbranched alkanes of at least 4 members (excludes halogenated alkanes) is 36. The second-order valence-corrected chi connectivity index (χ2v) is 33.0. The Hall–Kier alpha value is -6.41. The number of allylic oxidation sites excluding steroid dienone is 6. The molecule has 0 spiro atoms. The SMILES string of the molecule is CCCCCCCC/C=C\CCCCCCCCN.CCCCCCCC/C=C\CCCCCCCCN.CCCCCCCC/C=C\CCCCCCCCN.O=S(=O)(O)c1ccc2c(c1)-c1nc-2nc2[n-]c(nc3nc(nc4[n-]c(n1)c1ccccc41)-c1ccc(S(=O)(=O)O)cc1-3)c1cc(S(=O)(=O)O)ccc21.[Cu+2]. The molecule has 0 saturated heterocycles. The fourth-order valence-corrected chi connectivity index (χ4v) is 14.7. The molecule has 0 aliphatic carbocycles. The number of hydrogen-bond donors (Lipinski definition) is 6. The van der Waals surface area contributed by atoms with E-state index in [4.69, 9.17) is 22.2 Å². The summed E-state index contributed by atoms with van der Waals surface area (Å²) < 4.78 is 102. The van der Waals surface area contributed by atoms with Gasteiger partial charge in [-0.15, -0.1) is 0 Å². The normalized spacial score (nSPS) is 12.1. The first-order valence-electron chi connectivity index (χ1n) is 41.1. The van der Waals surface area contributed by atoms with E-state index in [0.29, 0.717) is 21.9 Å². The van der Waals surface area contributed by atoms with Crippen LogP contribution in [0.15, 0.2) is 130 Å². The molecule has 2 aliphatic heterocycles. The van der Waals surface area contributed by atoms with Gasteiger partial charge in [-0.1, -0.05) is 273 Å². The molecule has 4 aromatic carbocycles. The molecule has 0 atom stereocenters. The molecular formula is C86H127CuN11O9S3. The second-order valence-electron chi connectivity index (χ2n) is 28.8. The number of rotatable bonds is 48. The zero-order chi connectivity index (χ0) is 78.4. The van der Waals surface area contributed by atoms with E-state index in [1.807, 2.05) is 0 Å². The summed E-state index contributed by atoms with van der Waals surface area (Å²) in [4.78, 5) is 35.6. The number of hydrogen-bond acceptors (Lipinski definition) is 15. The molecule has 0 unspecified atom stereocenters. The van der Waals surface area contributed by atoms with Crippen LogP contribution in [0.3, 0.4) is 0 Å². The van der Waals surface area contributed by atoms with Gasteiger partial charge < -0.3 is 47.1 Å². The number of benzene rings is 4. The van der Waals surface area contributed by atoms with E-state index >= 15 is 0 Å². The molecule has 0 fully saturated rings. The number of fused-ring (bicyclic) bond motifs is 20. The predicted molar refractivity (Wildman–Crippen MR) is 449 cm³/mol. The zero-order valence-corrected chi connectivity index (χ0v) is 69.3. The quantitative estimate of drug-likeness (QED) is 0.00893. The van der Waals surface area contributed by atoms with Crippen molar-refractivity contribution in [3.63, 3.8) is 0 Å². The Labute approximate surface area is 668 Å². The van der Waals surface area contributed by atoms with Crippen LogP contribution in [0.25, 0.3) is 89.7 Å². The van der Waals surface area contributed by atoms with E-state index in [1.165, 1.54) is 294 Å². The van der Waals surface area contributed by atoms with Crippen molar-refractivity contribution in [1.29, 1.82) is 0 Å². The largest absolute Gasteiger partial charge is 2.00 e. The van der Waals surface area contributed by atoms with E-state index in [9.17, 15) is 38.9 Å². The van der Waals surface area contributed by atoms with Gasteiger partial charge in [0.25, 0.3) is 30.4 Å². The smallest absolute Gasteiger partial charge is 0.357 e. The van der Waals surface area contributed by atoms with Gasteiger partial charge in [0.2, 0.25) is 0 Å². The van der Waals surface area contributed by atoms with Crippen LogP contribution in [0.5, 0.6) is 0 Å². The molecule has 0 amide bonds. The Morgan fingerprint density at radius 1 is 0.291 bits per heavy atom. The van der Waals surface area contributed by atoms with Gasteiger partial charge in [-0.2, -0.15) is 25.3 Å². The van der Waals surface area contributed by atoms with Crippen molar-refractivity contribution < 1.29 is 56.0 Å². The van der Waals surface area contributed by atoms with Crippen LogP contribution < -0.4 is 27.2 Å². The average molecular weight is 1620 g/mol. The fourth-order valence-electron chi connectivity index (χ4n) is 13.2. The third-order valence-electron chi connectivity index (χ3n) is 19.6. The maximum Gasteiger partial charge on any atom is 2.00 e. The van der Waals surface area contributed by atoms with Crippen molar-refractivity contribution in [3.05, 3.63) is 115 Å². The van der Waals surface area contributed by atoms with Gasteiger partial charge in [-0.3, -0.25) is 13.7 Å². The van der Waals surface area contributed by atoms with E-state index in [2.05, 4.69) is 92.1 Å². The summed E-state index contributed by atoms with van der Waals surface area (Å²) in [5.74, 6) is -0.0427. The van der Waals surface area contributed by atoms with Gasteiger partial charge in [0.1, 0.15) is 0 Å². The molecule has 20 nitrogen and oxygen atoms in total. The minimum absolute atomic E-state index is 0. The monoisotopic (exact) mass is 1620 g/mol. The van der Waals surface area contributed by atoms with Crippen LogP contribution in [0, 0.1) is 0 Å². The molecule has 7 aromatic rings. The van der Waals surface area contributed by atoms with Crippen LogP contribution in [0.4, 0.5) is 0 Å². The van der Waals surface area contributed by atoms with Crippen LogP contribution in [-0.4, -0.2) is 88.4 Å². The first-order chi connectivity index (χ1) is 52.9. The van der Waals surface area contributed by atoms with E-state index in [1.54, 1.807) is 24.3 Å². The molecule has 9 rings (SSSR count).